The number of carbonyl (C=O) groups is 4. The summed E-state index contributed by atoms with van der Waals surface area (Å²) in [4.78, 5) is 52.0. The van der Waals surface area contributed by atoms with Gasteiger partial charge in [0.2, 0.25) is 0 Å². The van der Waals surface area contributed by atoms with E-state index in [1.165, 1.54) is 6.08 Å². The van der Waals surface area contributed by atoms with Gasteiger partial charge in [0.25, 0.3) is 17.7 Å². The van der Waals surface area contributed by atoms with Crippen LogP contribution in [0.3, 0.4) is 0 Å². The summed E-state index contributed by atoms with van der Waals surface area (Å²) in [6.07, 6.45) is 1.31. The molecule has 39 heavy (non-hydrogen) atoms. The third kappa shape index (κ3) is 6.73. The summed E-state index contributed by atoms with van der Waals surface area (Å²) in [5.74, 6) is -1.26. The predicted octanol–water partition coefficient (Wildman–Crippen LogP) is 5.60. The molecule has 1 aliphatic heterocycles. The van der Waals surface area contributed by atoms with Crippen LogP contribution in [0, 0.1) is 6.92 Å². The van der Waals surface area contributed by atoms with Crippen molar-refractivity contribution in [3.8, 4) is 11.5 Å². The van der Waals surface area contributed by atoms with Gasteiger partial charge in [0.05, 0.1) is 16.8 Å². The van der Waals surface area contributed by atoms with E-state index >= 15 is 0 Å². The number of imide groups is 2. The molecule has 1 aliphatic rings. The smallest absolute Gasteiger partial charge is 0.335 e. The summed E-state index contributed by atoms with van der Waals surface area (Å²) < 4.78 is 12.3. The zero-order chi connectivity index (χ0) is 28.1. The molecule has 3 aromatic rings. The van der Waals surface area contributed by atoms with Crippen LogP contribution in [0.2, 0.25) is 0 Å². The van der Waals surface area contributed by atoms with Crippen molar-refractivity contribution in [2.75, 3.05) is 23.4 Å². The molecule has 2 N–H and O–H groups in total. The molecule has 0 atom stereocenters. The first-order valence-electron chi connectivity index (χ1n) is 11.8. The minimum Gasteiger partial charge on any atom is -0.494 e. The van der Waals surface area contributed by atoms with Crippen molar-refractivity contribution in [2.24, 2.45) is 0 Å². The van der Waals surface area contributed by atoms with E-state index in [4.69, 9.17) is 9.47 Å². The zero-order valence-electron chi connectivity index (χ0n) is 20.9. The average molecular weight is 657 g/mol. The molecule has 0 spiro atoms. The highest BCUT2D eigenvalue weighted by Crippen LogP contribution is 2.35. The fraction of sp³-hybridized carbons (Fsp3) is 0.143. The Hall–Kier alpha value is -3.96. The van der Waals surface area contributed by atoms with E-state index in [1.807, 2.05) is 26.0 Å². The van der Waals surface area contributed by atoms with Crippen LogP contribution in [0.5, 0.6) is 11.5 Å². The first-order chi connectivity index (χ1) is 18.7. The molecule has 11 heteroatoms. The van der Waals surface area contributed by atoms with Crippen LogP contribution in [0.4, 0.5) is 16.2 Å². The minimum absolute atomic E-state index is 0.231. The van der Waals surface area contributed by atoms with Crippen LogP contribution < -0.4 is 25.0 Å². The lowest BCUT2D eigenvalue weighted by Gasteiger charge is -2.26. The zero-order valence-corrected chi connectivity index (χ0v) is 24.1. The van der Waals surface area contributed by atoms with Crippen molar-refractivity contribution in [3.05, 3.63) is 86.3 Å². The van der Waals surface area contributed by atoms with Crippen molar-refractivity contribution in [1.29, 1.82) is 0 Å². The largest absolute Gasteiger partial charge is 0.494 e. The number of nitrogens with zero attached hydrogens (tertiary/aromatic N) is 1. The van der Waals surface area contributed by atoms with Gasteiger partial charge in [-0.2, -0.15) is 0 Å². The average Bonchev–Trinajstić information content (AvgIpc) is 2.88. The van der Waals surface area contributed by atoms with Gasteiger partial charge < -0.3 is 14.8 Å². The Labute approximate surface area is 241 Å². The van der Waals surface area contributed by atoms with Gasteiger partial charge in [-0.05, 0) is 84.4 Å². The molecule has 0 unspecified atom stereocenters. The Bertz CT molecular complexity index is 1470. The molecule has 0 aliphatic carbocycles. The van der Waals surface area contributed by atoms with Crippen molar-refractivity contribution in [3.63, 3.8) is 0 Å². The monoisotopic (exact) mass is 655 g/mol. The van der Waals surface area contributed by atoms with Crippen LogP contribution in [0.1, 0.15) is 18.1 Å². The van der Waals surface area contributed by atoms with Gasteiger partial charge in [-0.15, -0.1) is 0 Å². The number of anilines is 2. The fourth-order valence-electron chi connectivity index (χ4n) is 3.72. The molecule has 0 bridgehead atoms. The maximum atomic E-state index is 13.4. The Morgan fingerprint density at radius 3 is 2.36 bits per heavy atom. The van der Waals surface area contributed by atoms with Gasteiger partial charge in [-0.25, -0.2) is 9.69 Å². The Morgan fingerprint density at radius 1 is 1.00 bits per heavy atom. The minimum atomic E-state index is -0.869. The van der Waals surface area contributed by atoms with Crippen LogP contribution in [0.25, 0.3) is 6.08 Å². The number of benzene rings is 3. The molecule has 3 aromatic carbocycles. The maximum Gasteiger partial charge on any atom is 0.335 e. The molecule has 0 saturated carbocycles. The number of hydrogen-bond acceptors (Lipinski definition) is 6. The molecule has 1 heterocycles. The first kappa shape index (κ1) is 28.1. The Morgan fingerprint density at radius 2 is 1.69 bits per heavy atom. The predicted molar refractivity (Wildman–Crippen MR) is 154 cm³/mol. The number of rotatable bonds is 8. The standard InChI is InChI=1S/C28H23Br2N3O6/c1-3-38-21-10-8-20(9-11-21)33-27(36)22(26(35)32-28(33)37)13-17-12-18(29)14-23(30)25(17)39-15-24(34)31-19-6-4-16(2)5-7-19/h4-14H,3,15H2,1-2H3,(H,31,34)(H,32,35,37)/b22-13+. The highest BCUT2D eigenvalue weighted by atomic mass is 79.9. The lowest BCUT2D eigenvalue weighted by Crippen LogP contribution is -2.54. The van der Waals surface area contributed by atoms with Crippen LogP contribution in [-0.2, 0) is 14.4 Å². The normalized spacial score (nSPS) is 14.3. The maximum absolute atomic E-state index is 13.4. The number of barbiturate groups is 1. The number of aryl methyl sites for hydroxylation is 1. The molecule has 1 saturated heterocycles. The number of urea groups is 1. The molecule has 0 aromatic heterocycles. The summed E-state index contributed by atoms with van der Waals surface area (Å²) in [6.45, 7) is 3.92. The van der Waals surface area contributed by atoms with E-state index in [0.717, 1.165) is 10.5 Å². The number of nitrogens with one attached hydrogen (secondary N) is 2. The summed E-state index contributed by atoms with van der Waals surface area (Å²) in [5, 5.41) is 4.95. The van der Waals surface area contributed by atoms with Gasteiger partial charge in [0.1, 0.15) is 17.1 Å². The molecule has 9 nitrogen and oxygen atoms in total. The van der Waals surface area contributed by atoms with Crippen LogP contribution >= 0.6 is 31.9 Å². The number of halogens is 2. The van der Waals surface area contributed by atoms with Crippen LogP contribution in [0.15, 0.2) is 75.2 Å². The highest BCUT2D eigenvalue weighted by molar-refractivity contribution is 9.11. The lowest BCUT2D eigenvalue weighted by atomic mass is 10.1. The van der Waals surface area contributed by atoms with Gasteiger partial charge >= 0.3 is 6.03 Å². The first-order valence-corrected chi connectivity index (χ1v) is 13.4. The molecular weight excluding hydrogens is 634 g/mol. The summed E-state index contributed by atoms with van der Waals surface area (Å²) in [5.41, 5.74) is 1.99. The molecule has 200 valence electrons. The SMILES string of the molecule is CCOc1ccc(N2C(=O)NC(=O)/C(=C\c3cc(Br)cc(Br)c3OCC(=O)Nc3ccc(C)cc3)C2=O)cc1. The van der Waals surface area contributed by atoms with Crippen molar-refractivity contribution in [2.45, 2.75) is 13.8 Å². The third-order valence-electron chi connectivity index (χ3n) is 5.53. The third-order valence-corrected chi connectivity index (χ3v) is 6.57. The number of amides is 5. The molecule has 5 amide bonds. The Kier molecular flexibility index (Phi) is 8.82. The molecule has 0 radical (unpaired) electrons. The number of carbonyl (C=O) groups excluding carboxylic acids is 4. The van der Waals surface area contributed by atoms with E-state index in [0.29, 0.717) is 32.6 Å². The van der Waals surface area contributed by atoms with E-state index in [9.17, 15) is 19.2 Å². The van der Waals surface area contributed by atoms with Crippen molar-refractivity contribution >= 4 is 73.1 Å². The van der Waals surface area contributed by atoms with Gasteiger partial charge in [-0.3, -0.25) is 19.7 Å². The second-order valence-corrected chi connectivity index (χ2v) is 10.2. The molecular formula is C28H23Br2N3O6. The van der Waals surface area contributed by atoms with Gasteiger partial charge in [0.15, 0.2) is 6.61 Å². The molecule has 4 rings (SSSR count). The summed E-state index contributed by atoms with van der Waals surface area (Å²) in [6, 6.07) is 16.1. The topological polar surface area (TPSA) is 114 Å². The van der Waals surface area contributed by atoms with E-state index < -0.39 is 23.8 Å². The lowest BCUT2D eigenvalue weighted by molar-refractivity contribution is -0.122. The van der Waals surface area contributed by atoms with Gasteiger partial charge in [-0.1, -0.05) is 33.6 Å². The van der Waals surface area contributed by atoms with E-state index in [2.05, 4.69) is 42.5 Å². The van der Waals surface area contributed by atoms with E-state index in [1.54, 1.807) is 48.5 Å². The molecule has 1 fully saturated rings. The second kappa shape index (κ2) is 12.3. The number of ether oxygens (including phenoxy) is 2. The second-order valence-electron chi connectivity index (χ2n) is 8.39. The van der Waals surface area contributed by atoms with E-state index in [-0.39, 0.29) is 23.6 Å². The number of hydrogen-bond donors (Lipinski definition) is 2. The van der Waals surface area contributed by atoms with Crippen molar-refractivity contribution < 1.29 is 28.7 Å². The fourth-order valence-corrected chi connectivity index (χ4v) is 5.09. The van der Waals surface area contributed by atoms with Crippen molar-refractivity contribution in [1.82, 2.24) is 5.32 Å². The summed E-state index contributed by atoms with van der Waals surface area (Å²) in [7, 11) is 0. The quantitative estimate of drug-likeness (QED) is 0.241. The highest BCUT2D eigenvalue weighted by Gasteiger charge is 2.37. The Balaban J connectivity index is 1.60. The van der Waals surface area contributed by atoms with Crippen LogP contribution in [-0.4, -0.2) is 37.0 Å². The van der Waals surface area contributed by atoms with Gasteiger partial charge in [0, 0.05) is 15.7 Å². The summed E-state index contributed by atoms with van der Waals surface area (Å²) >= 11 is 6.81.